The molecule has 3 heterocycles. The van der Waals surface area contributed by atoms with Crippen LogP contribution in [0.25, 0.3) is 0 Å². The van der Waals surface area contributed by atoms with Crippen LogP contribution in [0.1, 0.15) is 54.2 Å². The molecule has 2 aliphatic heterocycles. The van der Waals surface area contributed by atoms with E-state index in [1.807, 2.05) is 0 Å². The first-order valence-electron chi connectivity index (χ1n) is 8.69. The number of aromatic nitrogens is 2. The highest BCUT2D eigenvalue weighted by Gasteiger charge is 2.40. The first-order valence-corrected chi connectivity index (χ1v) is 8.69. The number of hydrogen-bond acceptors (Lipinski definition) is 5. The molecule has 1 saturated carbocycles. The average Bonchev–Trinajstić information content (AvgIpc) is 3.16. The van der Waals surface area contributed by atoms with Gasteiger partial charge in [0.1, 0.15) is 5.82 Å². The van der Waals surface area contributed by atoms with Gasteiger partial charge in [-0.3, -0.25) is 4.79 Å². The van der Waals surface area contributed by atoms with Crippen molar-refractivity contribution in [1.82, 2.24) is 19.8 Å². The van der Waals surface area contributed by atoms with Crippen molar-refractivity contribution in [3.05, 3.63) is 23.8 Å². The fourth-order valence-corrected chi connectivity index (χ4v) is 3.70. The van der Waals surface area contributed by atoms with E-state index in [2.05, 4.69) is 14.9 Å². The molecular formula is C17H24N4O2. The minimum Gasteiger partial charge on any atom is -0.387 e. The Morgan fingerprint density at radius 1 is 1.22 bits per heavy atom. The number of rotatable bonds is 4. The van der Waals surface area contributed by atoms with E-state index in [-0.39, 0.29) is 5.91 Å². The van der Waals surface area contributed by atoms with Gasteiger partial charge in [0.05, 0.1) is 17.7 Å². The van der Waals surface area contributed by atoms with E-state index < -0.39 is 5.60 Å². The number of hydrogen-bond donors (Lipinski definition) is 1. The number of aliphatic hydroxyl groups is 1. The molecule has 2 saturated heterocycles. The molecule has 1 aromatic heterocycles. The van der Waals surface area contributed by atoms with Crippen molar-refractivity contribution in [1.29, 1.82) is 0 Å². The Labute approximate surface area is 136 Å². The van der Waals surface area contributed by atoms with E-state index in [1.54, 1.807) is 17.3 Å². The molecule has 4 rings (SSSR count). The number of amides is 1. The third kappa shape index (κ3) is 3.23. The second-order valence-electron chi connectivity index (χ2n) is 7.29. The number of carbonyl (C=O) groups excluding carboxylic acids is 1. The van der Waals surface area contributed by atoms with Gasteiger partial charge in [0.25, 0.3) is 5.91 Å². The predicted molar refractivity (Wildman–Crippen MR) is 85.2 cm³/mol. The highest BCUT2D eigenvalue weighted by Crippen LogP contribution is 2.37. The van der Waals surface area contributed by atoms with Crippen molar-refractivity contribution in [3.63, 3.8) is 0 Å². The molecule has 1 N–H and O–H groups in total. The van der Waals surface area contributed by atoms with Gasteiger partial charge < -0.3 is 14.9 Å². The van der Waals surface area contributed by atoms with Crippen LogP contribution in [0.3, 0.4) is 0 Å². The Balaban J connectivity index is 1.38. The van der Waals surface area contributed by atoms with Gasteiger partial charge in [-0.2, -0.15) is 0 Å². The Hall–Kier alpha value is -1.53. The molecule has 0 aromatic carbocycles. The molecule has 0 spiro atoms. The molecular weight excluding hydrogens is 292 g/mol. The van der Waals surface area contributed by atoms with Crippen LogP contribution in [-0.4, -0.2) is 69.1 Å². The van der Waals surface area contributed by atoms with E-state index in [1.165, 1.54) is 12.8 Å². The van der Waals surface area contributed by atoms with Crippen LogP contribution in [-0.2, 0) is 0 Å². The Morgan fingerprint density at radius 2 is 1.91 bits per heavy atom. The number of likely N-dealkylation sites (tertiary alicyclic amines) is 2. The van der Waals surface area contributed by atoms with Crippen LogP contribution in [0.5, 0.6) is 0 Å². The molecule has 6 nitrogen and oxygen atoms in total. The summed E-state index contributed by atoms with van der Waals surface area (Å²) in [7, 11) is 0. The third-order valence-corrected chi connectivity index (χ3v) is 5.20. The van der Waals surface area contributed by atoms with Crippen molar-refractivity contribution >= 4 is 5.91 Å². The van der Waals surface area contributed by atoms with Crippen LogP contribution in [0.2, 0.25) is 0 Å². The molecule has 3 fully saturated rings. The topological polar surface area (TPSA) is 69.6 Å². The molecule has 1 atom stereocenters. The maximum Gasteiger partial charge on any atom is 0.257 e. The van der Waals surface area contributed by atoms with E-state index in [0.717, 1.165) is 31.8 Å². The molecule has 3 aliphatic rings. The predicted octanol–water partition coefficient (Wildman–Crippen LogP) is 1.03. The summed E-state index contributed by atoms with van der Waals surface area (Å²) in [4.78, 5) is 25.3. The summed E-state index contributed by atoms with van der Waals surface area (Å²) in [5, 5.41) is 10.8. The second kappa shape index (κ2) is 5.83. The molecule has 0 unspecified atom stereocenters. The molecule has 0 bridgehead atoms. The molecule has 6 heteroatoms. The van der Waals surface area contributed by atoms with Gasteiger partial charge in [0.2, 0.25) is 0 Å². The molecule has 23 heavy (non-hydrogen) atoms. The number of nitrogens with zero attached hydrogens (tertiary/aromatic N) is 4. The first-order chi connectivity index (χ1) is 11.1. The second-order valence-corrected chi connectivity index (χ2v) is 7.29. The maximum absolute atomic E-state index is 12.6. The fraction of sp³-hybridized carbons (Fsp3) is 0.706. The zero-order chi connectivity index (χ0) is 15.9. The normalized spacial score (nSPS) is 28.5. The zero-order valence-corrected chi connectivity index (χ0v) is 13.4. The van der Waals surface area contributed by atoms with Crippen molar-refractivity contribution in [3.8, 4) is 0 Å². The van der Waals surface area contributed by atoms with Crippen molar-refractivity contribution in [2.45, 2.75) is 43.6 Å². The Morgan fingerprint density at radius 3 is 2.57 bits per heavy atom. The minimum absolute atomic E-state index is 0.0651. The molecule has 0 radical (unpaired) electrons. The van der Waals surface area contributed by atoms with Crippen LogP contribution >= 0.6 is 0 Å². The fourth-order valence-electron chi connectivity index (χ4n) is 3.70. The highest BCUT2D eigenvalue weighted by atomic mass is 16.3. The van der Waals surface area contributed by atoms with Crippen LogP contribution in [0, 0.1) is 0 Å². The summed E-state index contributed by atoms with van der Waals surface area (Å²) in [6, 6.07) is 0. The van der Waals surface area contributed by atoms with Gasteiger partial charge in [-0.15, -0.1) is 0 Å². The summed E-state index contributed by atoms with van der Waals surface area (Å²) in [6.45, 7) is 3.81. The highest BCUT2D eigenvalue weighted by molar-refractivity contribution is 5.93. The molecule has 1 amide bonds. The van der Waals surface area contributed by atoms with E-state index in [9.17, 15) is 9.90 Å². The monoisotopic (exact) mass is 316 g/mol. The van der Waals surface area contributed by atoms with Gasteiger partial charge in [0.15, 0.2) is 0 Å². The molecule has 1 aromatic rings. The van der Waals surface area contributed by atoms with Gasteiger partial charge in [-0.05, 0) is 45.2 Å². The third-order valence-electron chi connectivity index (χ3n) is 5.20. The van der Waals surface area contributed by atoms with E-state index in [4.69, 9.17) is 0 Å². The van der Waals surface area contributed by atoms with Gasteiger partial charge in [-0.25, -0.2) is 9.97 Å². The summed E-state index contributed by atoms with van der Waals surface area (Å²) < 4.78 is 0. The van der Waals surface area contributed by atoms with Crippen LogP contribution in [0.4, 0.5) is 0 Å². The summed E-state index contributed by atoms with van der Waals surface area (Å²) in [5.41, 5.74) is -0.241. The maximum atomic E-state index is 12.6. The lowest BCUT2D eigenvalue weighted by Crippen LogP contribution is -2.45. The minimum atomic E-state index is -0.769. The SMILES string of the molecule is O=C(c1cnc(C2CC2)nc1)N1CC[C@](O)(CN2CCCC2)C1. The largest absolute Gasteiger partial charge is 0.387 e. The van der Waals surface area contributed by atoms with Crippen molar-refractivity contribution in [2.24, 2.45) is 0 Å². The Kier molecular flexibility index (Phi) is 3.81. The summed E-state index contributed by atoms with van der Waals surface area (Å²) >= 11 is 0. The van der Waals surface area contributed by atoms with Crippen molar-refractivity contribution < 1.29 is 9.90 Å². The standard InChI is InChI=1S/C17H24N4O2/c22-16(14-9-18-15(19-10-14)13-3-4-13)21-8-5-17(23,12-21)11-20-6-1-2-7-20/h9-10,13,23H,1-8,11-12H2/t17-/m0/s1. The van der Waals surface area contributed by atoms with Crippen LogP contribution < -0.4 is 0 Å². The van der Waals surface area contributed by atoms with Gasteiger partial charge in [-0.1, -0.05) is 0 Å². The van der Waals surface area contributed by atoms with Gasteiger partial charge in [0, 0.05) is 31.4 Å². The smallest absolute Gasteiger partial charge is 0.257 e. The molecule has 124 valence electrons. The summed E-state index contributed by atoms with van der Waals surface area (Å²) in [6.07, 6.45) is 8.66. The zero-order valence-electron chi connectivity index (χ0n) is 13.4. The van der Waals surface area contributed by atoms with Crippen molar-refractivity contribution in [2.75, 3.05) is 32.7 Å². The quantitative estimate of drug-likeness (QED) is 0.898. The average molecular weight is 316 g/mol. The molecule has 1 aliphatic carbocycles. The lowest BCUT2D eigenvalue weighted by Gasteiger charge is -2.28. The lowest BCUT2D eigenvalue weighted by molar-refractivity contribution is 0.0175. The Bertz CT molecular complexity index is 581. The van der Waals surface area contributed by atoms with E-state index >= 15 is 0 Å². The lowest BCUT2D eigenvalue weighted by atomic mass is 10.0. The summed E-state index contributed by atoms with van der Waals surface area (Å²) in [5.74, 6) is 1.29. The van der Waals surface area contributed by atoms with E-state index in [0.29, 0.717) is 37.5 Å². The number of carbonyl (C=O) groups is 1. The first kappa shape index (κ1) is 15.0. The van der Waals surface area contributed by atoms with Crippen LogP contribution in [0.15, 0.2) is 12.4 Å². The number of β-amino-alcohol motifs (C(OH)–C–C–N with tert-alkyl or cyclic N) is 1. The van der Waals surface area contributed by atoms with Gasteiger partial charge >= 0.3 is 0 Å².